The van der Waals surface area contributed by atoms with Crippen LogP contribution < -0.4 is 10.6 Å². The van der Waals surface area contributed by atoms with Gasteiger partial charge < -0.3 is 10.6 Å². The smallest absolute Gasteiger partial charge is 0.234 e. The van der Waals surface area contributed by atoms with Gasteiger partial charge in [-0.2, -0.15) is 0 Å². The van der Waals surface area contributed by atoms with Gasteiger partial charge in [0.1, 0.15) is 0 Å². The van der Waals surface area contributed by atoms with E-state index in [-0.39, 0.29) is 11.8 Å². The third-order valence-electron chi connectivity index (χ3n) is 3.75. The zero-order valence-corrected chi connectivity index (χ0v) is 15.5. The maximum Gasteiger partial charge on any atom is 0.234 e. The summed E-state index contributed by atoms with van der Waals surface area (Å²) in [6.07, 6.45) is 0.331. The molecule has 0 aromatic heterocycles. The normalized spacial score (nSPS) is 10.2. The SMILES string of the molecule is O=C(CSc1cccc(NC(=O)Cc2ccccc2)c1)Nc1ccccc1. The van der Waals surface area contributed by atoms with Crippen LogP contribution >= 0.6 is 11.8 Å². The summed E-state index contributed by atoms with van der Waals surface area (Å²) in [5, 5.41) is 5.76. The molecule has 0 aliphatic rings. The number of carbonyl (C=O) groups excluding carboxylic acids is 2. The molecule has 3 aromatic rings. The number of thioether (sulfide) groups is 1. The Morgan fingerprint density at radius 2 is 1.33 bits per heavy atom. The first-order valence-electron chi connectivity index (χ1n) is 8.60. The van der Waals surface area contributed by atoms with E-state index in [9.17, 15) is 9.59 Å². The molecule has 0 spiro atoms. The van der Waals surface area contributed by atoms with Gasteiger partial charge in [0.2, 0.25) is 11.8 Å². The summed E-state index contributed by atoms with van der Waals surface area (Å²) in [6, 6.07) is 26.5. The van der Waals surface area contributed by atoms with Crippen molar-refractivity contribution in [2.75, 3.05) is 16.4 Å². The molecule has 0 aliphatic heterocycles. The van der Waals surface area contributed by atoms with E-state index in [1.165, 1.54) is 11.8 Å². The Kier molecular flexibility index (Phi) is 6.66. The first kappa shape index (κ1) is 18.7. The summed E-state index contributed by atoms with van der Waals surface area (Å²) in [6.45, 7) is 0. The summed E-state index contributed by atoms with van der Waals surface area (Å²) in [5.41, 5.74) is 2.48. The fourth-order valence-electron chi connectivity index (χ4n) is 2.52. The van der Waals surface area contributed by atoms with Gasteiger partial charge in [0, 0.05) is 16.3 Å². The van der Waals surface area contributed by atoms with Gasteiger partial charge in [0.25, 0.3) is 0 Å². The Hall–Kier alpha value is -3.05. The molecule has 0 saturated carbocycles. The van der Waals surface area contributed by atoms with Crippen molar-refractivity contribution in [1.29, 1.82) is 0 Å². The van der Waals surface area contributed by atoms with E-state index in [0.717, 1.165) is 21.8 Å². The Labute approximate surface area is 163 Å². The highest BCUT2D eigenvalue weighted by molar-refractivity contribution is 8.00. The molecule has 5 heteroatoms. The topological polar surface area (TPSA) is 58.2 Å². The van der Waals surface area contributed by atoms with Gasteiger partial charge in [-0.15, -0.1) is 11.8 Å². The van der Waals surface area contributed by atoms with Crippen molar-refractivity contribution in [2.45, 2.75) is 11.3 Å². The summed E-state index contributed by atoms with van der Waals surface area (Å²) in [7, 11) is 0. The highest BCUT2D eigenvalue weighted by Gasteiger charge is 2.07. The molecule has 0 atom stereocenters. The van der Waals surface area contributed by atoms with E-state index >= 15 is 0 Å². The number of para-hydroxylation sites is 1. The predicted molar refractivity (Wildman–Crippen MR) is 111 cm³/mol. The van der Waals surface area contributed by atoms with Crippen molar-refractivity contribution in [1.82, 2.24) is 0 Å². The van der Waals surface area contributed by atoms with Gasteiger partial charge in [-0.25, -0.2) is 0 Å². The van der Waals surface area contributed by atoms with Crippen molar-refractivity contribution in [3.05, 3.63) is 90.5 Å². The van der Waals surface area contributed by atoms with Crippen LogP contribution in [-0.4, -0.2) is 17.6 Å². The summed E-state index contributed by atoms with van der Waals surface area (Å²) in [4.78, 5) is 25.2. The first-order chi connectivity index (χ1) is 13.2. The van der Waals surface area contributed by atoms with Crippen molar-refractivity contribution in [2.24, 2.45) is 0 Å². The fraction of sp³-hybridized carbons (Fsp3) is 0.0909. The Morgan fingerprint density at radius 1 is 0.704 bits per heavy atom. The van der Waals surface area contributed by atoms with Crippen molar-refractivity contribution >= 4 is 35.0 Å². The molecule has 3 aromatic carbocycles. The van der Waals surface area contributed by atoms with Crippen LogP contribution in [0.1, 0.15) is 5.56 Å². The molecule has 2 N–H and O–H groups in total. The van der Waals surface area contributed by atoms with Crippen LogP contribution in [-0.2, 0) is 16.0 Å². The van der Waals surface area contributed by atoms with Gasteiger partial charge >= 0.3 is 0 Å². The van der Waals surface area contributed by atoms with Crippen LogP contribution in [0.3, 0.4) is 0 Å². The van der Waals surface area contributed by atoms with Gasteiger partial charge in [-0.05, 0) is 35.9 Å². The molecule has 0 unspecified atom stereocenters. The lowest BCUT2D eigenvalue weighted by Gasteiger charge is -2.08. The van der Waals surface area contributed by atoms with Gasteiger partial charge in [-0.3, -0.25) is 9.59 Å². The van der Waals surface area contributed by atoms with Crippen molar-refractivity contribution in [3.63, 3.8) is 0 Å². The highest BCUT2D eigenvalue weighted by Crippen LogP contribution is 2.22. The third kappa shape index (κ3) is 6.31. The second-order valence-electron chi connectivity index (χ2n) is 5.94. The highest BCUT2D eigenvalue weighted by atomic mass is 32.2. The number of rotatable bonds is 7. The van der Waals surface area contributed by atoms with Crippen LogP contribution in [0.5, 0.6) is 0 Å². The number of anilines is 2. The number of amides is 2. The number of carbonyl (C=O) groups is 2. The van der Waals surface area contributed by atoms with E-state index in [4.69, 9.17) is 0 Å². The van der Waals surface area contributed by atoms with E-state index in [2.05, 4.69) is 10.6 Å². The molecular weight excluding hydrogens is 356 g/mol. The Bertz CT molecular complexity index is 898. The maximum atomic E-state index is 12.2. The average Bonchev–Trinajstić information content (AvgIpc) is 2.68. The zero-order chi connectivity index (χ0) is 18.9. The largest absolute Gasteiger partial charge is 0.326 e. The fourth-order valence-corrected chi connectivity index (χ4v) is 3.27. The van der Waals surface area contributed by atoms with Crippen molar-refractivity contribution in [3.8, 4) is 0 Å². The summed E-state index contributed by atoms with van der Waals surface area (Å²) < 4.78 is 0. The van der Waals surface area contributed by atoms with Crippen LogP contribution in [0, 0.1) is 0 Å². The molecule has 0 aliphatic carbocycles. The Balaban J connectivity index is 1.51. The van der Waals surface area contributed by atoms with Gasteiger partial charge in [0.05, 0.1) is 12.2 Å². The van der Waals surface area contributed by atoms with Crippen molar-refractivity contribution < 1.29 is 9.59 Å². The van der Waals surface area contributed by atoms with E-state index in [0.29, 0.717) is 12.2 Å². The van der Waals surface area contributed by atoms with E-state index in [1.54, 1.807) is 0 Å². The van der Waals surface area contributed by atoms with Crippen LogP contribution in [0.2, 0.25) is 0 Å². The number of benzene rings is 3. The third-order valence-corrected chi connectivity index (χ3v) is 4.75. The molecule has 0 radical (unpaired) electrons. The molecule has 136 valence electrons. The quantitative estimate of drug-likeness (QED) is 0.593. The molecule has 0 fully saturated rings. The van der Waals surface area contributed by atoms with Crippen LogP contribution in [0.4, 0.5) is 11.4 Å². The second-order valence-corrected chi connectivity index (χ2v) is 6.99. The zero-order valence-electron chi connectivity index (χ0n) is 14.7. The maximum absolute atomic E-state index is 12.2. The molecule has 4 nitrogen and oxygen atoms in total. The molecule has 0 heterocycles. The molecular formula is C22H20N2O2S. The lowest BCUT2D eigenvalue weighted by Crippen LogP contribution is -2.14. The van der Waals surface area contributed by atoms with E-state index < -0.39 is 0 Å². The molecule has 2 amide bonds. The molecule has 27 heavy (non-hydrogen) atoms. The van der Waals surface area contributed by atoms with E-state index in [1.807, 2.05) is 84.9 Å². The number of nitrogens with one attached hydrogen (secondary N) is 2. The predicted octanol–water partition coefficient (Wildman–Crippen LogP) is 4.60. The minimum Gasteiger partial charge on any atom is -0.326 e. The van der Waals surface area contributed by atoms with Gasteiger partial charge in [-0.1, -0.05) is 54.6 Å². The van der Waals surface area contributed by atoms with Crippen LogP contribution in [0.25, 0.3) is 0 Å². The molecule has 3 rings (SSSR count). The summed E-state index contributed by atoms with van der Waals surface area (Å²) in [5.74, 6) is 0.172. The number of hydrogen-bond acceptors (Lipinski definition) is 3. The van der Waals surface area contributed by atoms with Crippen LogP contribution in [0.15, 0.2) is 89.8 Å². The number of hydrogen-bond donors (Lipinski definition) is 2. The molecule has 0 bridgehead atoms. The Morgan fingerprint density at radius 3 is 2.07 bits per heavy atom. The molecule has 0 saturated heterocycles. The minimum atomic E-state index is -0.0651. The van der Waals surface area contributed by atoms with Gasteiger partial charge in [0.15, 0.2) is 0 Å². The average molecular weight is 376 g/mol. The monoisotopic (exact) mass is 376 g/mol. The summed E-state index contributed by atoms with van der Waals surface area (Å²) >= 11 is 1.43. The minimum absolute atomic E-state index is 0.0647. The second kappa shape index (κ2) is 9.59. The first-order valence-corrected chi connectivity index (χ1v) is 9.59. The lowest BCUT2D eigenvalue weighted by molar-refractivity contribution is -0.115. The standard InChI is InChI=1S/C22H20N2O2S/c25-21(14-17-8-3-1-4-9-17)24-19-12-7-13-20(15-19)27-16-22(26)23-18-10-5-2-6-11-18/h1-13,15H,14,16H2,(H,23,26)(H,24,25). The lowest BCUT2D eigenvalue weighted by atomic mass is 10.1.